The van der Waals surface area contributed by atoms with Crippen molar-refractivity contribution in [3.8, 4) is 0 Å². The van der Waals surface area contributed by atoms with Crippen molar-refractivity contribution in [2.75, 3.05) is 40.3 Å². The van der Waals surface area contributed by atoms with Gasteiger partial charge in [0.15, 0.2) is 0 Å². The molecule has 0 spiro atoms. The summed E-state index contributed by atoms with van der Waals surface area (Å²) in [4.78, 5) is 50.1. The maximum absolute atomic E-state index is 15.2. The van der Waals surface area contributed by atoms with Crippen molar-refractivity contribution in [1.82, 2.24) is 34.0 Å². The Kier molecular flexibility index (Phi) is 6.34. The smallest absolute Gasteiger partial charge is 0.320 e. The molecule has 0 radical (unpaired) electrons. The van der Waals surface area contributed by atoms with Gasteiger partial charge in [0.05, 0.1) is 28.6 Å². The molecule has 1 fully saturated rings. The number of rotatable bonds is 4. The van der Waals surface area contributed by atoms with E-state index in [0.29, 0.717) is 53.4 Å². The molecular weight excluding hydrogens is 537 g/mol. The zero-order chi connectivity index (χ0) is 29.1. The van der Waals surface area contributed by atoms with E-state index in [0.717, 1.165) is 31.4 Å². The van der Waals surface area contributed by atoms with Gasteiger partial charge in [-0.1, -0.05) is 6.07 Å². The Balaban J connectivity index is 1.26. The van der Waals surface area contributed by atoms with Crippen LogP contribution in [-0.2, 0) is 22.7 Å². The number of carbonyl (C=O) groups excluding carboxylic acids is 3. The van der Waals surface area contributed by atoms with Crippen molar-refractivity contribution >= 4 is 45.5 Å². The van der Waals surface area contributed by atoms with Crippen molar-refractivity contribution in [2.24, 2.45) is 5.92 Å². The van der Waals surface area contributed by atoms with Crippen LogP contribution < -0.4 is 5.32 Å². The lowest BCUT2D eigenvalue weighted by molar-refractivity contribution is -0.122. The van der Waals surface area contributed by atoms with Gasteiger partial charge in [-0.3, -0.25) is 19.3 Å². The summed E-state index contributed by atoms with van der Waals surface area (Å²) in [5.74, 6) is -1.05. The number of hydrogen-bond acceptors (Lipinski definition) is 5. The fourth-order valence-corrected chi connectivity index (χ4v) is 6.69. The molecular formula is C31H32FN7O3. The Morgan fingerprint density at radius 2 is 1.88 bits per heavy atom. The van der Waals surface area contributed by atoms with Gasteiger partial charge in [-0.05, 0) is 68.7 Å². The van der Waals surface area contributed by atoms with Crippen LogP contribution in [0.25, 0.3) is 27.7 Å². The maximum atomic E-state index is 15.2. The average molecular weight is 570 g/mol. The summed E-state index contributed by atoms with van der Waals surface area (Å²) < 4.78 is 18.9. The standard InChI is InChI=1S/C31H32FN7O3/c1-35-9-6-19(7-10-35)16-36(2)31(42)38-12-11-37-18-23(22-14-21(32)13-20(17-38)28(22)37)26-27(30(41)34-29(26)40)24-15-33-25-5-3-4-8-39(24)25/h3-5,8,13-15,18-19H,6-7,9-12,16-17H2,1-2H3,(H,34,40,41). The average Bonchev–Trinajstić information content (AvgIpc) is 3.59. The largest absolute Gasteiger partial charge is 0.345 e. The first-order valence-corrected chi connectivity index (χ1v) is 14.3. The zero-order valence-electron chi connectivity index (χ0n) is 23.6. The van der Waals surface area contributed by atoms with Gasteiger partial charge in [-0.2, -0.15) is 0 Å². The van der Waals surface area contributed by atoms with E-state index in [2.05, 4.69) is 22.2 Å². The molecule has 11 heteroatoms. The summed E-state index contributed by atoms with van der Waals surface area (Å²) in [6.07, 6.45) is 7.29. The molecule has 4 amide bonds. The Morgan fingerprint density at radius 1 is 1.10 bits per heavy atom. The van der Waals surface area contributed by atoms with Crippen molar-refractivity contribution < 1.29 is 18.8 Å². The second-order valence-corrected chi connectivity index (χ2v) is 11.6. The van der Waals surface area contributed by atoms with Crippen LogP contribution in [0.4, 0.5) is 9.18 Å². The number of aromatic nitrogens is 3. The second kappa shape index (κ2) is 10.1. The highest BCUT2D eigenvalue weighted by atomic mass is 19.1. The molecule has 4 aromatic rings. The third kappa shape index (κ3) is 4.35. The number of amides is 4. The molecule has 3 aliphatic rings. The van der Waals surface area contributed by atoms with E-state index in [1.165, 1.54) is 12.1 Å². The predicted octanol–water partition coefficient (Wildman–Crippen LogP) is 3.20. The van der Waals surface area contributed by atoms with Crippen LogP contribution in [-0.4, -0.2) is 86.8 Å². The van der Waals surface area contributed by atoms with E-state index >= 15 is 4.39 Å². The second-order valence-electron chi connectivity index (χ2n) is 11.6. The summed E-state index contributed by atoms with van der Waals surface area (Å²) in [5.41, 5.74) is 3.42. The number of piperidine rings is 1. The van der Waals surface area contributed by atoms with E-state index in [4.69, 9.17) is 0 Å². The molecule has 0 aliphatic carbocycles. The number of pyridine rings is 1. The maximum Gasteiger partial charge on any atom is 0.320 e. The molecule has 42 heavy (non-hydrogen) atoms. The first kappa shape index (κ1) is 26.4. The van der Waals surface area contributed by atoms with Gasteiger partial charge in [-0.25, -0.2) is 14.2 Å². The molecule has 10 nitrogen and oxygen atoms in total. The molecule has 1 saturated heterocycles. The minimum Gasteiger partial charge on any atom is -0.345 e. The van der Waals surface area contributed by atoms with Gasteiger partial charge in [0.25, 0.3) is 11.8 Å². The van der Waals surface area contributed by atoms with Crippen LogP contribution in [0.5, 0.6) is 0 Å². The lowest BCUT2D eigenvalue weighted by Crippen LogP contribution is -2.44. The van der Waals surface area contributed by atoms with Crippen LogP contribution >= 0.6 is 0 Å². The van der Waals surface area contributed by atoms with Crippen LogP contribution in [0.3, 0.4) is 0 Å². The summed E-state index contributed by atoms with van der Waals surface area (Å²) in [6.45, 7) is 3.92. The number of fused-ring (bicyclic) bond motifs is 1. The number of urea groups is 1. The van der Waals surface area contributed by atoms with E-state index in [-0.39, 0.29) is 23.7 Å². The number of imidazole rings is 1. The number of hydrogen-bond donors (Lipinski definition) is 1. The first-order valence-electron chi connectivity index (χ1n) is 14.3. The number of likely N-dealkylation sites (tertiary alicyclic amines) is 1. The number of nitrogens with one attached hydrogen (secondary N) is 1. The Hall–Kier alpha value is -4.51. The van der Waals surface area contributed by atoms with Crippen molar-refractivity contribution in [1.29, 1.82) is 0 Å². The van der Waals surface area contributed by atoms with Gasteiger partial charge < -0.3 is 19.3 Å². The molecule has 216 valence electrons. The fraction of sp³-hybridized carbons (Fsp3) is 0.355. The number of imide groups is 1. The predicted molar refractivity (Wildman–Crippen MR) is 156 cm³/mol. The monoisotopic (exact) mass is 569 g/mol. The van der Waals surface area contributed by atoms with Crippen molar-refractivity contribution in [3.05, 3.63) is 71.6 Å². The SMILES string of the molecule is CN1CCC(CN(C)C(=O)N2CCn3cc(C4=C(c5cnc6ccccn56)C(=O)NC4=O)c4cc(F)cc(c43)C2)CC1. The number of carbonyl (C=O) groups is 3. The molecule has 6 heterocycles. The third-order valence-corrected chi connectivity index (χ3v) is 8.83. The van der Waals surface area contributed by atoms with Gasteiger partial charge in [0.2, 0.25) is 0 Å². The van der Waals surface area contributed by atoms with Gasteiger partial charge in [0, 0.05) is 56.6 Å². The number of benzene rings is 1. The Bertz CT molecular complexity index is 1800. The highest BCUT2D eigenvalue weighted by molar-refractivity contribution is 6.49. The molecule has 1 N–H and O–H groups in total. The highest BCUT2D eigenvalue weighted by Crippen LogP contribution is 2.38. The molecule has 7 rings (SSSR count). The third-order valence-electron chi connectivity index (χ3n) is 8.83. The minimum atomic E-state index is -0.532. The summed E-state index contributed by atoms with van der Waals surface area (Å²) in [6, 6.07) is 8.28. The minimum absolute atomic E-state index is 0.0734. The Morgan fingerprint density at radius 3 is 2.69 bits per heavy atom. The van der Waals surface area contributed by atoms with Gasteiger partial charge in [-0.15, -0.1) is 0 Å². The molecule has 0 saturated carbocycles. The van der Waals surface area contributed by atoms with Crippen molar-refractivity contribution in [3.63, 3.8) is 0 Å². The number of halogens is 1. The topological polar surface area (TPSA) is 95.2 Å². The van der Waals surface area contributed by atoms with Crippen molar-refractivity contribution in [2.45, 2.75) is 25.9 Å². The molecule has 0 atom stereocenters. The lowest BCUT2D eigenvalue weighted by atomic mass is 9.97. The van der Waals surface area contributed by atoms with E-state index in [9.17, 15) is 14.4 Å². The molecule has 0 bridgehead atoms. The molecule has 3 aromatic heterocycles. The van der Waals surface area contributed by atoms with Crippen LogP contribution in [0, 0.1) is 11.7 Å². The van der Waals surface area contributed by atoms with Gasteiger partial charge in [0.1, 0.15) is 11.5 Å². The summed E-state index contributed by atoms with van der Waals surface area (Å²) in [7, 11) is 3.96. The molecule has 0 unspecified atom stereocenters. The van der Waals surface area contributed by atoms with Gasteiger partial charge >= 0.3 is 6.03 Å². The van der Waals surface area contributed by atoms with E-state index in [1.807, 2.05) is 29.8 Å². The van der Waals surface area contributed by atoms with E-state index < -0.39 is 17.6 Å². The number of nitrogens with zero attached hydrogens (tertiary/aromatic N) is 6. The Labute approximate surface area is 242 Å². The fourth-order valence-electron chi connectivity index (χ4n) is 6.69. The summed E-state index contributed by atoms with van der Waals surface area (Å²) >= 11 is 0. The molecule has 3 aliphatic heterocycles. The van der Waals surface area contributed by atoms with E-state index in [1.54, 1.807) is 32.8 Å². The van der Waals surface area contributed by atoms with Crippen LogP contribution in [0.1, 0.15) is 29.7 Å². The zero-order valence-corrected chi connectivity index (χ0v) is 23.6. The molecule has 1 aromatic carbocycles. The quantitative estimate of drug-likeness (QED) is 0.381. The first-order chi connectivity index (χ1) is 20.3. The highest BCUT2D eigenvalue weighted by Gasteiger charge is 2.36. The lowest BCUT2D eigenvalue weighted by Gasteiger charge is -2.33. The van der Waals surface area contributed by atoms with Crippen LogP contribution in [0.15, 0.2) is 48.9 Å². The van der Waals surface area contributed by atoms with Crippen LogP contribution in [0.2, 0.25) is 0 Å². The summed E-state index contributed by atoms with van der Waals surface area (Å²) in [5, 5.41) is 2.96. The normalized spacial score (nSPS) is 18.3.